The first-order valence-electron chi connectivity index (χ1n) is 6.47. The van der Waals surface area contributed by atoms with Gasteiger partial charge in [0, 0.05) is 12.3 Å². The van der Waals surface area contributed by atoms with Crippen LogP contribution in [0.3, 0.4) is 0 Å². The molecule has 0 radical (unpaired) electrons. The van der Waals surface area contributed by atoms with E-state index in [-0.39, 0.29) is 18.5 Å². The number of anilines is 1. The minimum atomic E-state index is -0.152. The topological polar surface area (TPSA) is 85.8 Å². The van der Waals surface area contributed by atoms with Gasteiger partial charge in [-0.15, -0.1) is 0 Å². The molecule has 2 heterocycles. The molecule has 0 bridgehead atoms. The Balaban J connectivity index is 1.97. The van der Waals surface area contributed by atoms with Gasteiger partial charge < -0.3 is 11.1 Å². The van der Waals surface area contributed by atoms with Crippen LogP contribution >= 0.6 is 0 Å². The van der Waals surface area contributed by atoms with E-state index in [1.165, 1.54) is 4.68 Å². The van der Waals surface area contributed by atoms with Crippen molar-refractivity contribution in [1.29, 1.82) is 0 Å². The van der Waals surface area contributed by atoms with Gasteiger partial charge in [-0.3, -0.25) is 9.78 Å². The molecule has 1 amide bonds. The third-order valence-corrected chi connectivity index (χ3v) is 2.98. The number of nitrogen functional groups attached to an aromatic ring is 1. The second-order valence-electron chi connectivity index (χ2n) is 4.92. The van der Waals surface area contributed by atoms with E-state index in [9.17, 15) is 4.79 Å². The van der Waals surface area contributed by atoms with E-state index in [4.69, 9.17) is 5.73 Å². The number of pyridine rings is 1. The highest BCUT2D eigenvalue weighted by Crippen LogP contribution is 2.10. The summed E-state index contributed by atoms with van der Waals surface area (Å²) < 4.78 is 1.49. The van der Waals surface area contributed by atoms with E-state index in [1.54, 1.807) is 12.3 Å². The summed E-state index contributed by atoms with van der Waals surface area (Å²) in [5.74, 6) is 0.341. The fourth-order valence-electron chi connectivity index (χ4n) is 1.92. The van der Waals surface area contributed by atoms with E-state index in [1.807, 2.05) is 32.9 Å². The number of aromatic nitrogens is 3. The number of carbonyl (C=O) groups is 1. The number of hydrogen-bond acceptors (Lipinski definition) is 4. The Morgan fingerprint density at radius 1 is 1.45 bits per heavy atom. The van der Waals surface area contributed by atoms with Crippen LogP contribution in [0, 0.1) is 13.8 Å². The summed E-state index contributed by atoms with van der Waals surface area (Å²) in [6, 6.07) is 5.46. The molecule has 2 rings (SSSR count). The Morgan fingerprint density at radius 3 is 2.75 bits per heavy atom. The highest BCUT2D eigenvalue weighted by molar-refractivity contribution is 5.76. The quantitative estimate of drug-likeness (QED) is 0.880. The fraction of sp³-hybridized carbons (Fsp3) is 0.357. The third-order valence-electron chi connectivity index (χ3n) is 2.98. The summed E-state index contributed by atoms with van der Waals surface area (Å²) in [4.78, 5) is 16.3. The lowest BCUT2D eigenvalue weighted by atomic mass is 10.2. The van der Waals surface area contributed by atoms with Gasteiger partial charge >= 0.3 is 0 Å². The maximum Gasteiger partial charge on any atom is 0.242 e. The van der Waals surface area contributed by atoms with Crippen molar-refractivity contribution in [2.24, 2.45) is 0 Å². The van der Waals surface area contributed by atoms with Gasteiger partial charge in [0.2, 0.25) is 5.91 Å². The van der Waals surface area contributed by atoms with E-state index in [2.05, 4.69) is 15.4 Å². The monoisotopic (exact) mass is 273 g/mol. The number of amides is 1. The summed E-state index contributed by atoms with van der Waals surface area (Å²) in [5, 5.41) is 7.04. The zero-order chi connectivity index (χ0) is 14.7. The number of nitrogens with one attached hydrogen (secondary N) is 1. The number of rotatable bonds is 4. The maximum absolute atomic E-state index is 12.0. The van der Waals surface area contributed by atoms with Gasteiger partial charge in [-0.25, -0.2) is 4.68 Å². The van der Waals surface area contributed by atoms with Gasteiger partial charge in [0.05, 0.1) is 17.4 Å². The van der Waals surface area contributed by atoms with Crippen molar-refractivity contribution in [3.63, 3.8) is 0 Å². The molecule has 0 aliphatic carbocycles. The van der Waals surface area contributed by atoms with Crippen LogP contribution in [0.25, 0.3) is 0 Å². The summed E-state index contributed by atoms with van der Waals surface area (Å²) in [6.45, 7) is 5.82. The standard InChI is InChI=1S/C14H19N5O/c1-9-4-5-12(16-7-9)11(3)17-14(20)8-19-13(15)6-10(2)18-19/h4-7,11H,8,15H2,1-3H3,(H,17,20)/t11-/m1/s1. The summed E-state index contributed by atoms with van der Waals surface area (Å²) in [6.07, 6.45) is 1.78. The normalized spacial score (nSPS) is 12.2. The summed E-state index contributed by atoms with van der Waals surface area (Å²) in [7, 11) is 0. The van der Waals surface area contributed by atoms with Gasteiger partial charge in [-0.2, -0.15) is 5.10 Å². The molecule has 106 valence electrons. The average Bonchev–Trinajstić information content (AvgIpc) is 2.68. The summed E-state index contributed by atoms with van der Waals surface area (Å²) in [5.41, 5.74) is 8.47. The molecule has 20 heavy (non-hydrogen) atoms. The smallest absolute Gasteiger partial charge is 0.242 e. The number of aryl methyl sites for hydroxylation is 2. The van der Waals surface area contributed by atoms with Crippen molar-refractivity contribution in [3.05, 3.63) is 41.3 Å². The Labute approximate surface area is 118 Å². The van der Waals surface area contributed by atoms with Crippen molar-refractivity contribution in [3.8, 4) is 0 Å². The summed E-state index contributed by atoms with van der Waals surface area (Å²) >= 11 is 0. The molecule has 0 aliphatic rings. The van der Waals surface area contributed by atoms with Crippen LogP contribution in [-0.2, 0) is 11.3 Å². The predicted molar refractivity (Wildman–Crippen MR) is 76.9 cm³/mol. The number of nitrogens with two attached hydrogens (primary N) is 1. The molecule has 0 aromatic carbocycles. The molecule has 0 spiro atoms. The highest BCUT2D eigenvalue weighted by atomic mass is 16.2. The van der Waals surface area contributed by atoms with Crippen molar-refractivity contribution >= 4 is 11.7 Å². The number of hydrogen-bond donors (Lipinski definition) is 2. The van der Waals surface area contributed by atoms with E-state index < -0.39 is 0 Å². The molecule has 0 fully saturated rings. The lowest BCUT2D eigenvalue weighted by Gasteiger charge is -2.14. The number of carbonyl (C=O) groups excluding carboxylic acids is 1. The minimum Gasteiger partial charge on any atom is -0.384 e. The van der Waals surface area contributed by atoms with Crippen LogP contribution in [0.2, 0.25) is 0 Å². The molecule has 2 aromatic rings. The van der Waals surface area contributed by atoms with Gasteiger partial charge in [-0.05, 0) is 32.4 Å². The van der Waals surface area contributed by atoms with Crippen LogP contribution in [0.5, 0.6) is 0 Å². The van der Waals surface area contributed by atoms with Crippen molar-refractivity contribution < 1.29 is 4.79 Å². The van der Waals surface area contributed by atoms with E-state index in [0.29, 0.717) is 5.82 Å². The molecule has 3 N–H and O–H groups in total. The van der Waals surface area contributed by atoms with Crippen molar-refractivity contribution in [2.75, 3.05) is 5.73 Å². The average molecular weight is 273 g/mol. The first kappa shape index (κ1) is 14.0. The molecule has 6 nitrogen and oxygen atoms in total. The van der Waals surface area contributed by atoms with E-state index in [0.717, 1.165) is 17.0 Å². The van der Waals surface area contributed by atoms with Crippen LogP contribution < -0.4 is 11.1 Å². The molecule has 6 heteroatoms. The Bertz CT molecular complexity index is 603. The molecule has 2 aromatic heterocycles. The predicted octanol–water partition coefficient (Wildman–Crippen LogP) is 1.35. The van der Waals surface area contributed by atoms with Crippen LogP contribution in [0.1, 0.15) is 29.9 Å². The second-order valence-corrected chi connectivity index (χ2v) is 4.92. The largest absolute Gasteiger partial charge is 0.384 e. The second kappa shape index (κ2) is 5.73. The van der Waals surface area contributed by atoms with E-state index >= 15 is 0 Å². The lowest BCUT2D eigenvalue weighted by Crippen LogP contribution is -2.31. The van der Waals surface area contributed by atoms with Crippen molar-refractivity contribution in [1.82, 2.24) is 20.1 Å². The lowest BCUT2D eigenvalue weighted by molar-refractivity contribution is -0.122. The first-order chi connectivity index (χ1) is 9.45. The molecule has 0 aliphatic heterocycles. The SMILES string of the molecule is Cc1ccc([C@@H](C)NC(=O)Cn2nc(C)cc2N)nc1. The fourth-order valence-corrected chi connectivity index (χ4v) is 1.92. The minimum absolute atomic E-state index is 0.107. The zero-order valence-corrected chi connectivity index (χ0v) is 11.9. The Hall–Kier alpha value is -2.37. The molecule has 1 atom stereocenters. The van der Waals surface area contributed by atoms with Crippen molar-refractivity contribution in [2.45, 2.75) is 33.4 Å². The van der Waals surface area contributed by atoms with Gasteiger partial charge in [0.25, 0.3) is 0 Å². The van der Waals surface area contributed by atoms with Crippen LogP contribution in [0.4, 0.5) is 5.82 Å². The highest BCUT2D eigenvalue weighted by Gasteiger charge is 2.12. The molecule has 0 saturated heterocycles. The van der Waals surface area contributed by atoms with Gasteiger partial charge in [-0.1, -0.05) is 6.07 Å². The third kappa shape index (κ3) is 3.34. The molecular formula is C14H19N5O. The van der Waals surface area contributed by atoms with Gasteiger partial charge in [0.15, 0.2) is 0 Å². The molecule has 0 unspecified atom stereocenters. The zero-order valence-electron chi connectivity index (χ0n) is 11.9. The Morgan fingerprint density at radius 2 is 2.20 bits per heavy atom. The van der Waals surface area contributed by atoms with Gasteiger partial charge in [0.1, 0.15) is 12.4 Å². The maximum atomic E-state index is 12.0. The van der Waals surface area contributed by atoms with Crippen LogP contribution in [0.15, 0.2) is 24.4 Å². The Kier molecular flexibility index (Phi) is 4.02. The first-order valence-corrected chi connectivity index (χ1v) is 6.47. The molecular weight excluding hydrogens is 254 g/mol. The number of nitrogens with zero attached hydrogens (tertiary/aromatic N) is 3. The molecule has 0 saturated carbocycles. The van der Waals surface area contributed by atoms with Crippen LogP contribution in [-0.4, -0.2) is 20.7 Å².